The fraction of sp³-hybridized carbons (Fsp3) is 0.382. The minimum atomic E-state index is -0.771. The molecular formula is C34H36FN5O4. The van der Waals surface area contributed by atoms with Gasteiger partial charge < -0.3 is 19.9 Å². The average Bonchev–Trinajstić information content (AvgIpc) is 3.95. The number of carbonyl (C=O) groups excluding carboxylic acids is 3. The summed E-state index contributed by atoms with van der Waals surface area (Å²) in [6.07, 6.45) is 8.29. The SMILES string of the molecule is C#CCN1CC(=O)N2[C@@H](CC(C=C)C3=C4CC43)C(=O)N(CCOCc3ccc(F)cc3)C[C@@H]2N1C(=O)NCc1ccccc1. The number of rotatable bonds is 12. The fourth-order valence-corrected chi connectivity index (χ4v) is 6.35. The Labute approximate surface area is 256 Å². The third-order valence-electron chi connectivity index (χ3n) is 8.79. The zero-order chi connectivity index (χ0) is 30.8. The molecule has 0 aromatic heterocycles. The molecule has 0 radical (unpaired) electrons. The first-order chi connectivity index (χ1) is 21.4. The molecule has 1 saturated carbocycles. The maximum absolute atomic E-state index is 14.0. The lowest BCUT2D eigenvalue weighted by Gasteiger charge is -2.55. The molecule has 2 aliphatic heterocycles. The molecule has 2 saturated heterocycles. The van der Waals surface area contributed by atoms with Crippen LogP contribution in [0.3, 0.4) is 0 Å². The summed E-state index contributed by atoms with van der Waals surface area (Å²) >= 11 is 0. The molecule has 4 amide bonds. The number of fused-ring (bicyclic) bond motifs is 2. The number of ether oxygens (including phenoxy) is 1. The van der Waals surface area contributed by atoms with Crippen molar-refractivity contribution in [3.8, 4) is 12.3 Å². The molecular weight excluding hydrogens is 561 g/mol. The summed E-state index contributed by atoms with van der Waals surface area (Å²) < 4.78 is 19.1. The maximum Gasteiger partial charge on any atom is 0.334 e. The summed E-state index contributed by atoms with van der Waals surface area (Å²) in [6, 6.07) is 14.4. The van der Waals surface area contributed by atoms with Crippen LogP contribution in [0.25, 0.3) is 0 Å². The standard InChI is InChI=1S/C34H36FN5O4/c1-3-14-38-21-31(41)39-29(17-25(4-2)32-27-18-28(27)32)33(42)37(15-16-44-22-24-10-12-26(35)13-11-24)20-30(39)40(38)34(43)36-19-23-8-6-5-7-9-23/h1,4-13,25,27,29-30H,2,14-22H2,(H,36,43)/t25?,27?,29-,30-/m0/s1. The number of urea groups is 1. The highest BCUT2D eigenvalue weighted by Crippen LogP contribution is 2.65. The normalized spacial score (nSPS) is 23.1. The molecule has 0 bridgehead atoms. The molecule has 1 N–H and O–H groups in total. The molecule has 3 fully saturated rings. The van der Waals surface area contributed by atoms with Gasteiger partial charge in [-0.05, 0) is 36.1 Å². The molecule has 4 atom stereocenters. The summed E-state index contributed by atoms with van der Waals surface area (Å²) in [4.78, 5) is 44.8. The number of hydrogen-bond acceptors (Lipinski definition) is 5. The highest BCUT2D eigenvalue weighted by molar-refractivity contribution is 5.91. The van der Waals surface area contributed by atoms with Gasteiger partial charge in [-0.3, -0.25) is 9.59 Å². The van der Waals surface area contributed by atoms with E-state index < -0.39 is 18.2 Å². The van der Waals surface area contributed by atoms with Crippen molar-refractivity contribution in [1.29, 1.82) is 0 Å². The van der Waals surface area contributed by atoms with Crippen LogP contribution in [0.2, 0.25) is 0 Å². The van der Waals surface area contributed by atoms with Gasteiger partial charge in [-0.25, -0.2) is 14.2 Å². The minimum Gasteiger partial charge on any atom is -0.375 e. The van der Waals surface area contributed by atoms with Crippen LogP contribution in [-0.4, -0.2) is 82.7 Å². The molecule has 2 aromatic rings. The smallest absolute Gasteiger partial charge is 0.334 e. The van der Waals surface area contributed by atoms with Crippen LogP contribution in [0.1, 0.15) is 24.0 Å². The van der Waals surface area contributed by atoms with Crippen molar-refractivity contribution in [2.24, 2.45) is 11.8 Å². The highest BCUT2D eigenvalue weighted by atomic mass is 19.1. The second-order valence-electron chi connectivity index (χ2n) is 11.6. The number of nitrogens with zero attached hydrogens (tertiary/aromatic N) is 4. The Bertz CT molecular complexity index is 1500. The Hall–Kier alpha value is -4.46. The third-order valence-corrected chi connectivity index (χ3v) is 8.79. The Morgan fingerprint density at radius 2 is 1.91 bits per heavy atom. The molecule has 2 aromatic carbocycles. The summed E-state index contributed by atoms with van der Waals surface area (Å²) in [5, 5.41) is 6.06. The van der Waals surface area contributed by atoms with Gasteiger partial charge in [-0.15, -0.1) is 13.0 Å². The third kappa shape index (κ3) is 6.11. The minimum absolute atomic E-state index is 0.00933. The van der Waals surface area contributed by atoms with Crippen molar-refractivity contribution in [3.05, 3.63) is 95.3 Å². The average molecular weight is 598 g/mol. The van der Waals surface area contributed by atoms with Crippen LogP contribution >= 0.6 is 0 Å². The molecule has 44 heavy (non-hydrogen) atoms. The molecule has 2 heterocycles. The van der Waals surface area contributed by atoms with Crippen molar-refractivity contribution in [2.75, 3.05) is 32.8 Å². The predicted molar refractivity (Wildman–Crippen MR) is 161 cm³/mol. The Morgan fingerprint density at radius 3 is 2.57 bits per heavy atom. The largest absolute Gasteiger partial charge is 0.375 e. The number of allylic oxidation sites excluding steroid dienone is 3. The first-order valence-corrected chi connectivity index (χ1v) is 15.0. The number of terminal acetylenes is 1. The maximum atomic E-state index is 14.0. The number of carbonyl (C=O) groups is 3. The quantitative estimate of drug-likeness (QED) is 0.231. The number of amides is 4. The summed E-state index contributed by atoms with van der Waals surface area (Å²) in [5.41, 5.74) is 4.51. The lowest BCUT2D eigenvalue weighted by atomic mass is 9.90. The molecule has 9 nitrogen and oxygen atoms in total. The Balaban J connectivity index is 1.23. The van der Waals surface area contributed by atoms with E-state index in [-0.39, 0.29) is 62.9 Å². The zero-order valence-corrected chi connectivity index (χ0v) is 24.5. The number of hydrogen-bond donors (Lipinski definition) is 1. The Morgan fingerprint density at radius 1 is 1.16 bits per heavy atom. The van der Waals surface area contributed by atoms with Crippen molar-refractivity contribution in [2.45, 2.75) is 38.2 Å². The van der Waals surface area contributed by atoms with Crippen molar-refractivity contribution < 1.29 is 23.5 Å². The van der Waals surface area contributed by atoms with Gasteiger partial charge in [-0.2, -0.15) is 5.01 Å². The van der Waals surface area contributed by atoms with Gasteiger partial charge >= 0.3 is 6.03 Å². The molecule has 10 heteroatoms. The zero-order valence-electron chi connectivity index (χ0n) is 24.5. The van der Waals surface area contributed by atoms with Crippen LogP contribution in [0.5, 0.6) is 0 Å². The number of halogens is 1. The van der Waals surface area contributed by atoms with Gasteiger partial charge in [0.25, 0.3) is 0 Å². The van der Waals surface area contributed by atoms with Gasteiger partial charge in [-0.1, -0.05) is 65.6 Å². The van der Waals surface area contributed by atoms with Crippen molar-refractivity contribution >= 4 is 17.8 Å². The van der Waals surface area contributed by atoms with E-state index >= 15 is 0 Å². The lowest BCUT2D eigenvalue weighted by molar-refractivity contribution is -0.190. The van der Waals surface area contributed by atoms with Gasteiger partial charge in [0.2, 0.25) is 11.8 Å². The van der Waals surface area contributed by atoms with Crippen LogP contribution in [0.4, 0.5) is 9.18 Å². The monoisotopic (exact) mass is 597 g/mol. The van der Waals surface area contributed by atoms with Gasteiger partial charge in [0.05, 0.1) is 32.8 Å². The van der Waals surface area contributed by atoms with E-state index in [0.29, 0.717) is 18.9 Å². The lowest BCUT2D eigenvalue weighted by Crippen LogP contribution is -2.76. The van der Waals surface area contributed by atoms with Crippen molar-refractivity contribution in [3.63, 3.8) is 0 Å². The van der Waals surface area contributed by atoms with E-state index in [1.165, 1.54) is 28.3 Å². The first kappa shape index (κ1) is 29.6. The second-order valence-corrected chi connectivity index (χ2v) is 11.6. The molecule has 2 aliphatic carbocycles. The fourth-order valence-electron chi connectivity index (χ4n) is 6.35. The topological polar surface area (TPSA) is 85.4 Å². The summed E-state index contributed by atoms with van der Waals surface area (Å²) in [7, 11) is 0. The molecule has 4 aliphatic rings. The Kier molecular flexibility index (Phi) is 8.51. The molecule has 0 spiro atoms. The van der Waals surface area contributed by atoms with Gasteiger partial charge in [0.15, 0.2) is 0 Å². The van der Waals surface area contributed by atoms with E-state index in [1.54, 1.807) is 26.9 Å². The number of benzene rings is 2. The van der Waals surface area contributed by atoms with Crippen LogP contribution < -0.4 is 5.32 Å². The number of hydrazine groups is 1. The molecule has 6 rings (SSSR count). The van der Waals surface area contributed by atoms with Crippen LogP contribution in [0.15, 0.2) is 78.4 Å². The molecule has 2 unspecified atom stereocenters. The number of piperazine rings is 1. The van der Waals surface area contributed by atoms with E-state index in [9.17, 15) is 18.8 Å². The van der Waals surface area contributed by atoms with Gasteiger partial charge in [0, 0.05) is 24.9 Å². The van der Waals surface area contributed by atoms with Crippen molar-refractivity contribution in [1.82, 2.24) is 25.1 Å². The first-order valence-electron chi connectivity index (χ1n) is 15.0. The van der Waals surface area contributed by atoms with E-state index in [2.05, 4.69) is 17.8 Å². The van der Waals surface area contributed by atoms with Crippen LogP contribution in [0, 0.1) is 30.0 Å². The van der Waals surface area contributed by atoms with Gasteiger partial charge in [0.1, 0.15) is 18.0 Å². The highest BCUT2D eigenvalue weighted by Gasteiger charge is 2.56. The van der Waals surface area contributed by atoms with Crippen LogP contribution in [-0.2, 0) is 27.5 Å². The number of nitrogens with one attached hydrogen (secondary N) is 1. The summed E-state index contributed by atoms with van der Waals surface area (Å²) in [6.45, 7) is 5.13. The van der Waals surface area contributed by atoms with E-state index in [1.807, 2.05) is 36.4 Å². The second kappa shape index (κ2) is 12.6. The van der Waals surface area contributed by atoms with E-state index in [0.717, 1.165) is 17.5 Å². The predicted octanol–water partition coefficient (Wildman–Crippen LogP) is 3.31. The van der Waals surface area contributed by atoms with E-state index in [4.69, 9.17) is 11.2 Å². The molecule has 228 valence electrons. The summed E-state index contributed by atoms with van der Waals surface area (Å²) in [5.74, 6) is 2.35.